The monoisotopic (exact) mass is 262 g/mol. The standard InChI is InChI=1S/C8H8BrClN2O/c1-13-7-5(8(11)12)2-4(10)3-6(7)9/h2-3H,1H3,(H3,11,12). The summed E-state index contributed by atoms with van der Waals surface area (Å²) in [7, 11) is 1.51. The van der Waals surface area contributed by atoms with E-state index in [1.807, 2.05) is 0 Å². The molecule has 0 bridgehead atoms. The first kappa shape index (κ1) is 10.3. The van der Waals surface area contributed by atoms with Gasteiger partial charge in [-0.2, -0.15) is 0 Å². The van der Waals surface area contributed by atoms with Gasteiger partial charge < -0.3 is 10.5 Å². The van der Waals surface area contributed by atoms with Gasteiger partial charge in [0.05, 0.1) is 17.1 Å². The molecule has 0 saturated carbocycles. The number of nitrogen functional groups attached to an aromatic ring is 1. The van der Waals surface area contributed by atoms with Crippen molar-refractivity contribution in [2.45, 2.75) is 0 Å². The summed E-state index contributed by atoms with van der Waals surface area (Å²) >= 11 is 9.05. The number of halogens is 2. The molecule has 0 aliphatic heterocycles. The van der Waals surface area contributed by atoms with E-state index in [2.05, 4.69) is 15.9 Å². The second-order valence-electron chi connectivity index (χ2n) is 2.38. The summed E-state index contributed by atoms with van der Waals surface area (Å²) in [6, 6.07) is 3.28. The molecule has 0 radical (unpaired) electrons. The van der Waals surface area contributed by atoms with Gasteiger partial charge in [0.25, 0.3) is 0 Å². The minimum Gasteiger partial charge on any atom is -0.495 e. The number of hydrogen-bond acceptors (Lipinski definition) is 2. The SMILES string of the molecule is COc1c(Br)cc(Cl)cc1C(=N)N. The maximum absolute atomic E-state index is 7.29. The minimum atomic E-state index is -0.0694. The number of hydrogen-bond donors (Lipinski definition) is 2. The van der Waals surface area contributed by atoms with Crippen LogP contribution in [0.25, 0.3) is 0 Å². The zero-order valence-electron chi connectivity index (χ0n) is 6.90. The quantitative estimate of drug-likeness (QED) is 0.636. The molecular formula is C8H8BrClN2O. The van der Waals surface area contributed by atoms with Crippen LogP contribution >= 0.6 is 27.5 Å². The molecule has 0 aliphatic rings. The molecule has 0 aromatic heterocycles. The molecule has 1 rings (SSSR count). The zero-order chi connectivity index (χ0) is 10.0. The Hall–Kier alpha value is -0.740. The third kappa shape index (κ3) is 2.14. The van der Waals surface area contributed by atoms with Gasteiger partial charge in [-0.1, -0.05) is 11.6 Å². The van der Waals surface area contributed by atoms with Crippen LogP contribution in [0.15, 0.2) is 16.6 Å². The molecule has 1 aromatic rings. The molecule has 3 nitrogen and oxygen atoms in total. The molecule has 0 heterocycles. The zero-order valence-corrected chi connectivity index (χ0v) is 9.24. The van der Waals surface area contributed by atoms with E-state index in [1.165, 1.54) is 7.11 Å². The lowest BCUT2D eigenvalue weighted by molar-refractivity contribution is 0.411. The minimum absolute atomic E-state index is 0.0694. The second kappa shape index (κ2) is 3.98. The first-order chi connectivity index (χ1) is 6.06. The van der Waals surface area contributed by atoms with Crippen molar-refractivity contribution in [2.24, 2.45) is 5.73 Å². The maximum Gasteiger partial charge on any atom is 0.144 e. The number of methoxy groups -OCH3 is 1. The summed E-state index contributed by atoms with van der Waals surface area (Å²) in [4.78, 5) is 0. The predicted octanol–water partition coefficient (Wildman–Crippen LogP) is 2.40. The molecule has 1 aromatic carbocycles. The topological polar surface area (TPSA) is 59.1 Å². The van der Waals surface area contributed by atoms with Crippen LogP contribution in [-0.2, 0) is 0 Å². The van der Waals surface area contributed by atoms with Crippen LogP contribution in [0.2, 0.25) is 5.02 Å². The van der Waals surface area contributed by atoms with E-state index in [0.29, 0.717) is 20.8 Å². The van der Waals surface area contributed by atoms with Crippen LogP contribution in [0.5, 0.6) is 5.75 Å². The normalized spacial score (nSPS) is 9.77. The molecule has 0 atom stereocenters. The summed E-state index contributed by atoms with van der Waals surface area (Å²) in [5.74, 6) is 0.456. The van der Waals surface area contributed by atoms with Crippen molar-refractivity contribution in [3.05, 3.63) is 27.2 Å². The van der Waals surface area contributed by atoms with Crippen LogP contribution < -0.4 is 10.5 Å². The Morgan fingerprint density at radius 2 is 2.23 bits per heavy atom. The van der Waals surface area contributed by atoms with Gasteiger partial charge in [-0.3, -0.25) is 5.41 Å². The van der Waals surface area contributed by atoms with Gasteiger partial charge in [0, 0.05) is 5.02 Å². The lowest BCUT2D eigenvalue weighted by Gasteiger charge is -2.09. The van der Waals surface area contributed by atoms with Gasteiger partial charge in [0.1, 0.15) is 11.6 Å². The number of nitrogens with one attached hydrogen (secondary N) is 1. The van der Waals surface area contributed by atoms with Gasteiger partial charge in [-0.25, -0.2) is 0 Å². The fourth-order valence-electron chi connectivity index (χ4n) is 0.968. The van der Waals surface area contributed by atoms with E-state index in [0.717, 1.165) is 0 Å². The number of benzene rings is 1. The summed E-state index contributed by atoms with van der Waals surface area (Å²) in [6.45, 7) is 0. The molecular weight excluding hydrogens is 255 g/mol. The van der Waals surface area contributed by atoms with Crippen molar-refractivity contribution in [1.82, 2.24) is 0 Å². The van der Waals surface area contributed by atoms with Crippen molar-refractivity contribution in [2.75, 3.05) is 7.11 Å². The molecule has 0 saturated heterocycles. The Morgan fingerprint density at radius 1 is 1.62 bits per heavy atom. The molecule has 70 valence electrons. The van der Waals surface area contributed by atoms with Gasteiger partial charge in [-0.15, -0.1) is 0 Å². The molecule has 0 amide bonds. The van der Waals surface area contributed by atoms with Crippen LogP contribution in [0.4, 0.5) is 0 Å². The van der Waals surface area contributed by atoms with E-state index in [1.54, 1.807) is 12.1 Å². The van der Waals surface area contributed by atoms with Gasteiger partial charge in [0.15, 0.2) is 0 Å². The first-order valence-electron chi connectivity index (χ1n) is 3.43. The third-order valence-electron chi connectivity index (χ3n) is 1.50. The Kier molecular flexibility index (Phi) is 3.17. The van der Waals surface area contributed by atoms with Crippen LogP contribution in [0, 0.1) is 5.41 Å². The molecule has 0 fully saturated rings. The van der Waals surface area contributed by atoms with E-state index < -0.39 is 0 Å². The number of nitrogens with two attached hydrogens (primary N) is 1. The van der Waals surface area contributed by atoms with Crippen molar-refractivity contribution >= 4 is 33.4 Å². The highest BCUT2D eigenvalue weighted by Gasteiger charge is 2.10. The number of amidine groups is 1. The lowest BCUT2D eigenvalue weighted by atomic mass is 10.2. The maximum atomic E-state index is 7.29. The van der Waals surface area contributed by atoms with Crippen molar-refractivity contribution in [1.29, 1.82) is 5.41 Å². The number of ether oxygens (including phenoxy) is 1. The van der Waals surface area contributed by atoms with E-state index in [9.17, 15) is 0 Å². The Balaban J connectivity index is 3.38. The average Bonchev–Trinajstić information content (AvgIpc) is 2.02. The first-order valence-corrected chi connectivity index (χ1v) is 4.60. The van der Waals surface area contributed by atoms with Crippen LogP contribution in [0.1, 0.15) is 5.56 Å². The lowest BCUT2D eigenvalue weighted by Crippen LogP contribution is -2.12. The summed E-state index contributed by atoms with van der Waals surface area (Å²) in [5.41, 5.74) is 5.84. The Labute approximate surface area is 89.5 Å². The Morgan fingerprint density at radius 3 is 2.69 bits per heavy atom. The van der Waals surface area contributed by atoms with E-state index in [4.69, 9.17) is 27.5 Å². The number of rotatable bonds is 2. The summed E-state index contributed by atoms with van der Waals surface area (Å²) in [5, 5.41) is 7.80. The molecule has 0 unspecified atom stereocenters. The molecule has 5 heteroatoms. The van der Waals surface area contributed by atoms with Crippen molar-refractivity contribution < 1.29 is 4.74 Å². The average molecular weight is 264 g/mol. The third-order valence-corrected chi connectivity index (χ3v) is 2.31. The molecule has 3 N–H and O–H groups in total. The molecule has 13 heavy (non-hydrogen) atoms. The predicted molar refractivity (Wildman–Crippen MR) is 56.7 cm³/mol. The van der Waals surface area contributed by atoms with E-state index >= 15 is 0 Å². The van der Waals surface area contributed by atoms with Crippen LogP contribution in [0.3, 0.4) is 0 Å². The van der Waals surface area contributed by atoms with Gasteiger partial charge >= 0.3 is 0 Å². The van der Waals surface area contributed by atoms with Crippen molar-refractivity contribution in [3.63, 3.8) is 0 Å². The highest BCUT2D eigenvalue weighted by Crippen LogP contribution is 2.31. The van der Waals surface area contributed by atoms with Crippen molar-refractivity contribution in [3.8, 4) is 5.75 Å². The van der Waals surface area contributed by atoms with Gasteiger partial charge in [-0.05, 0) is 28.1 Å². The fraction of sp³-hybridized carbons (Fsp3) is 0.125. The second-order valence-corrected chi connectivity index (χ2v) is 3.67. The highest BCUT2D eigenvalue weighted by molar-refractivity contribution is 9.10. The smallest absolute Gasteiger partial charge is 0.144 e. The largest absolute Gasteiger partial charge is 0.495 e. The van der Waals surface area contributed by atoms with Gasteiger partial charge in [0.2, 0.25) is 0 Å². The highest BCUT2D eigenvalue weighted by atomic mass is 79.9. The molecule has 0 spiro atoms. The Bertz CT molecular complexity index is 354. The summed E-state index contributed by atoms with van der Waals surface area (Å²) < 4.78 is 5.75. The van der Waals surface area contributed by atoms with E-state index in [-0.39, 0.29) is 5.84 Å². The van der Waals surface area contributed by atoms with Crippen LogP contribution in [-0.4, -0.2) is 12.9 Å². The summed E-state index contributed by atoms with van der Waals surface area (Å²) in [6.07, 6.45) is 0. The fourth-order valence-corrected chi connectivity index (χ4v) is 1.94. The molecule has 0 aliphatic carbocycles.